The maximum atomic E-state index is 12.3. The summed E-state index contributed by atoms with van der Waals surface area (Å²) in [4.78, 5) is 43.0. The van der Waals surface area contributed by atoms with Crippen molar-refractivity contribution in [3.05, 3.63) is 32.9 Å². The third kappa shape index (κ3) is 5.38. The van der Waals surface area contributed by atoms with Gasteiger partial charge in [0.25, 0.3) is 11.5 Å². The van der Waals surface area contributed by atoms with Crippen molar-refractivity contribution >= 4 is 51.0 Å². The van der Waals surface area contributed by atoms with Crippen LogP contribution in [-0.4, -0.2) is 33.6 Å². The summed E-state index contributed by atoms with van der Waals surface area (Å²) >= 11 is 4.17. The number of hydrogen-bond donors (Lipinski definition) is 4. The molecule has 150 valence electrons. The number of hydrogen-bond acceptors (Lipinski definition) is 7. The lowest BCUT2D eigenvalue weighted by Crippen LogP contribution is -2.37. The number of aromatic amines is 1. The summed E-state index contributed by atoms with van der Waals surface area (Å²) in [5.74, 6) is -0.748. The maximum Gasteiger partial charge on any atom is 0.291 e. The molecule has 1 fully saturated rings. The zero-order chi connectivity index (χ0) is 20.1. The molecule has 2 amide bonds. The number of carbonyl (C=O) groups excluding carboxylic acids is 2. The Bertz CT molecular complexity index is 923. The fourth-order valence-electron chi connectivity index (χ4n) is 2.92. The topological polar surface area (TPSA) is 143 Å². The minimum absolute atomic E-state index is 0.0171. The van der Waals surface area contributed by atoms with E-state index in [1.807, 2.05) is 0 Å². The maximum absolute atomic E-state index is 12.3. The molecule has 0 unspecified atom stereocenters. The van der Waals surface area contributed by atoms with Crippen LogP contribution < -0.4 is 21.9 Å². The summed E-state index contributed by atoms with van der Waals surface area (Å²) in [5, 5.41) is 5.58. The Kier molecular flexibility index (Phi) is 6.79. The number of thioether (sulfide) groups is 1. The van der Waals surface area contributed by atoms with Crippen LogP contribution in [0.5, 0.6) is 0 Å². The van der Waals surface area contributed by atoms with E-state index in [2.05, 4.69) is 36.5 Å². The summed E-state index contributed by atoms with van der Waals surface area (Å²) in [6, 6.07) is 3.23. The second-order valence-electron chi connectivity index (χ2n) is 6.38. The largest absolute Gasteiger partial charge is 0.444 e. The van der Waals surface area contributed by atoms with Crippen LogP contribution in [0.2, 0.25) is 0 Å². The second kappa shape index (κ2) is 9.28. The summed E-state index contributed by atoms with van der Waals surface area (Å²) in [5.41, 5.74) is 5.03. The van der Waals surface area contributed by atoms with Crippen LogP contribution >= 0.6 is 27.7 Å². The average molecular weight is 470 g/mol. The van der Waals surface area contributed by atoms with Crippen LogP contribution in [0.3, 0.4) is 0 Å². The van der Waals surface area contributed by atoms with E-state index in [1.165, 1.54) is 12.5 Å². The van der Waals surface area contributed by atoms with Gasteiger partial charge in [0, 0.05) is 6.04 Å². The highest BCUT2D eigenvalue weighted by Crippen LogP contribution is 2.20. The van der Waals surface area contributed by atoms with Crippen molar-refractivity contribution in [3.8, 4) is 0 Å². The Morgan fingerprint density at radius 1 is 1.32 bits per heavy atom. The van der Waals surface area contributed by atoms with Gasteiger partial charge in [0.15, 0.2) is 27.1 Å². The first-order valence-corrected chi connectivity index (χ1v) is 10.6. The number of nitrogens with zero attached hydrogens (tertiary/aromatic N) is 1. The predicted molar refractivity (Wildman–Crippen MR) is 109 cm³/mol. The standard InChI is InChI=1S/C17H20BrN5O4S/c18-11-7-6-10(27-11)15(25)21-13-14(19)22-17(23-16(13)26)28-8-12(24)20-9-4-2-1-3-5-9/h6-7,9H,1-5,8H2,(H,20,24)(H,21,25)(H3,19,22,23,26). The van der Waals surface area contributed by atoms with Crippen molar-refractivity contribution in [2.75, 3.05) is 16.8 Å². The molecule has 0 bridgehead atoms. The summed E-state index contributed by atoms with van der Waals surface area (Å²) in [7, 11) is 0. The molecule has 9 nitrogen and oxygen atoms in total. The highest BCUT2D eigenvalue weighted by molar-refractivity contribution is 9.10. The Balaban J connectivity index is 1.59. The van der Waals surface area contributed by atoms with E-state index >= 15 is 0 Å². The molecule has 0 atom stereocenters. The van der Waals surface area contributed by atoms with E-state index < -0.39 is 11.5 Å². The molecule has 2 heterocycles. The van der Waals surface area contributed by atoms with Gasteiger partial charge in [-0.05, 0) is 40.9 Å². The number of nitrogens with two attached hydrogens (primary N) is 1. The fourth-order valence-corrected chi connectivity index (χ4v) is 3.91. The van der Waals surface area contributed by atoms with Crippen LogP contribution in [0.1, 0.15) is 42.7 Å². The van der Waals surface area contributed by atoms with Crippen molar-refractivity contribution in [1.29, 1.82) is 0 Å². The molecular formula is C17H20BrN5O4S. The van der Waals surface area contributed by atoms with E-state index in [4.69, 9.17) is 10.2 Å². The van der Waals surface area contributed by atoms with Gasteiger partial charge in [-0.25, -0.2) is 4.98 Å². The van der Waals surface area contributed by atoms with Gasteiger partial charge in [0.1, 0.15) is 0 Å². The Hall–Kier alpha value is -2.27. The lowest BCUT2D eigenvalue weighted by atomic mass is 9.95. The van der Waals surface area contributed by atoms with Crippen LogP contribution in [-0.2, 0) is 4.79 Å². The van der Waals surface area contributed by atoms with Gasteiger partial charge in [0.2, 0.25) is 5.91 Å². The zero-order valence-electron chi connectivity index (χ0n) is 14.9. The molecule has 1 saturated carbocycles. The number of anilines is 2. The van der Waals surface area contributed by atoms with E-state index in [1.54, 1.807) is 6.07 Å². The van der Waals surface area contributed by atoms with Gasteiger partial charge < -0.3 is 20.8 Å². The van der Waals surface area contributed by atoms with Gasteiger partial charge in [-0.1, -0.05) is 31.0 Å². The van der Waals surface area contributed by atoms with Crippen molar-refractivity contribution in [3.63, 3.8) is 0 Å². The molecular weight excluding hydrogens is 450 g/mol. The first kappa shape index (κ1) is 20.5. The van der Waals surface area contributed by atoms with Crippen LogP contribution in [0, 0.1) is 0 Å². The second-order valence-corrected chi connectivity index (χ2v) is 8.13. The summed E-state index contributed by atoms with van der Waals surface area (Å²) in [6.45, 7) is 0. The minimum atomic E-state index is -0.628. The van der Waals surface area contributed by atoms with Crippen molar-refractivity contribution in [2.45, 2.75) is 43.3 Å². The number of H-pyrrole nitrogens is 1. The molecule has 0 radical (unpaired) electrons. The molecule has 1 aliphatic carbocycles. The Labute approximate surface area is 173 Å². The number of nitrogens with one attached hydrogen (secondary N) is 3. The molecule has 0 spiro atoms. The quantitative estimate of drug-likeness (QED) is 0.375. The number of furan rings is 1. The first-order valence-electron chi connectivity index (χ1n) is 8.81. The van der Waals surface area contributed by atoms with E-state index in [0.717, 1.165) is 37.4 Å². The molecule has 5 N–H and O–H groups in total. The molecule has 1 aliphatic rings. The number of aromatic nitrogens is 2. The third-order valence-electron chi connectivity index (χ3n) is 4.27. The lowest BCUT2D eigenvalue weighted by molar-refractivity contribution is -0.119. The molecule has 11 heteroatoms. The zero-order valence-corrected chi connectivity index (χ0v) is 17.3. The third-order valence-corrected chi connectivity index (χ3v) is 5.57. The number of nitrogen functional groups attached to an aromatic ring is 1. The average Bonchev–Trinajstić information content (AvgIpc) is 3.10. The van der Waals surface area contributed by atoms with Gasteiger partial charge in [-0.2, -0.15) is 0 Å². The first-order chi connectivity index (χ1) is 13.4. The smallest absolute Gasteiger partial charge is 0.291 e. The summed E-state index contributed by atoms with van der Waals surface area (Å²) in [6.07, 6.45) is 5.47. The molecule has 0 aromatic carbocycles. The number of carbonyl (C=O) groups is 2. The van der Waals surface area contributed by atoms with Crippen LogP contribution in [0.4, 0.5) is 11.5 Å². The number of halogens is 1. The molecule has 2 aromatic rings. The molecule has 0 aliphatic heterocycles. The van der Waals surface area contributed by atoms with Crippen molar-refractivity contribution in [2.24, 2.45) is 0 Å². The van der Waals surface area contributed by atoms with Crippen LogP contribution in [0.25, 0.3) is 0 Å². The molecule has 0 saturated heterocycles. The lowest BCUT2D eigenvalue weighted by Gasteiger charge is -2.22. The van der Waals surface area contributed by atoms with E-state index in [9.17, 15) is 14.4 Å². The minimum Gasteiger partial charge on any atom is -0.444 e. The fraction of sp³-hybridized carbons (Fsp3) is 0.412. The van der Waals surface area contributed by atoms with Gasteiger partial charge in [-0.3, -0.25) is 19.4 Å². The molecule has 2 aromatic heterocycles. The SMILES string of the molecule is Nc1nc(SCC(=O)NC2CCCCC2)[nH]c(=O)c1NC(=O)c1ccc(Br)o1. The molecule has 3 rings (SSSR count). The Morgan fingerprint density at radius 2 is 2.07 bits per heavy atom. The molecule has 28 heavy (non-hydrogen) atoms. The number of amides is 2. The van der Waals surface area contributed by atoms with Crippen LogP contribution in [0.15, 0.2) is 31.2 Å². The van der Waals surface area contributed by atoms with Gasteiger partial charge >= 0.3 is 0 Å². The van der Waals surface area contributed by atoms with Crippen molar-refractivity contribution in [1.82, 2.24) is 15.3 Å². The monoisotopic (exact) mass is 469 g/mol. The summed E-state index contributed by atoms with van der Waals surface area (Å²) < 4.78 is 5.52. The van der Waals surface area contributed by atoms with E-state index in [0.29, 0.717) is 4.67 Å². The van der Waals surface area contributed by atoms with Gasteiger partial charge in [0.05, 0.1) is 5.75 Å². The predicted octanol–water partition coefficient (Wildman–Crippen LogP) is 2.50. The van der Waals surface area contributed by atoms with Crippen molar-refractivity contribution < 1.29 is 14.0 Å². The highest BCUT2D eigenvalue weighted by atomic mass is 79.9. The normalized spacial score (nSPS) is 14.6. The van der Waals surface area contributed by atoms with Gasteiger partial charge in [-0.15, -0.1) is 0 Å². The number of rotatable bonds is 6. The van der Waals surface area contributed by atoms with E-state index in [-0.39, 0.29) is 40.1 Å². The Morgan fingerprint density at radius 3 is 2.71 bits per heavy atom. The highest BCUT2D eigenvalue weighted by Gasteiger charge is 2.18.